The van der Waals surface area contributed by atoms with Crippen LogP contribution in [0.1, 0.15) is 4.88 Å². The van der Waals surface area contributed by atoms with Crippen LogP contribution >= 0.6 is 22.9 Å². The molecule has 1 aromatic rings. The number of thiophene rings is 1. The minimum atomic E-state index is -3.39. The molecule has 0 aliphatic rings. The number of hydrogen-bond acceptors (Lipinski definition) is 4. The Labute approximate surface area is 105 Å². The molecule has 0 spiro atoms. The number of likely N-dealkylation sites (N-methyl/N-ethyl adjacent to an activating group) is 1. The Bertz CT molecular complexity index is 430. The number of halogens is 1. The van der Waals surface area contributed by atoms with Gasteiger partial charge in [0.2, 0.25) is 0 Å². The summed E-state index contributed by atoms with van der Waals surface area (Å²) in [4.78, 5) is 0.848. The fourth-order valence-electron chi connectivity index (χ4n) is 1.06. The molecule has 0 aliphatic carbocycles. The number of nitrogens with zero attached hydrogens (tertiary/aromatic N) is 1. The van der Waals surface area contributed by atoms with Crippen molar-refractivity contribution in [1.82, 2.24) is 4.31 Å². The van der Waals surface area contributed by atoms with Crippen molar-refractivity contribution in [2.75, 3.05) is 27.3 Å². The van der Waals surface area contributed by atoms with Crippen molar-refractivity contribution in [3.05, 3.63) is 17.0 Å². The lowest BCUT2D eigenvalue weighted by atomic mass is 10.5. The molecule has 0 N–H and O–H groups in total. The Kier molecular flexibility index (Phi) is 5.20. The number of hydrogen-bond donors (Lipinski definition) is 0. The first-order chi connectivity index (χ1) is 7.52. The molecule has 1 heterocycles. The lowest BCUT2D eigenvalue weighted by Crippen LogP contribution is -2.29. The van der Waals surface area contributed by atoms with E-state index >= 15 is 0 Å². The number of ether oxygens (including phenoxy) is 1. The smallest absolute Gasteiger partial charge is 0.252 e. The van der Waals surface area contributed by atoms with E-state index < -0.39 is 10.0 Å². The predicted molar refractivity (Wildman–Crippen MR) is 65.6 cm³/mol. The van der Waals surface area contributed by atoms with Crippen LogP contribution < -0.4 is 0 Å². The Balaban J connectivity index is 2.84. The van der Waals surface area contributed by atoms with E-state index in [0.29, 0.717) is 23.2 Å². The van der Waals surface area contributed by atoms with E-state index in [1.165, 1.54) is 29.8 Å². The molecule has 1 aromatic heterocycles. The fourth-order valence-corrected chi connectivity index (χ4v) is 3.89. The highest BCUT2D eigenvalue weighted by Crippen LogP contribution is 2.25. The molecule has 0 saturated heterocycles. The zero-order valence-corrected chi connectivity index (χ0v) is 11.5. The lowest BCUT2D eigenvalue weighted by molar-refractivity contribution is 0.185. The first kappa shape index (κ1) is 13.9. The summed E-state index contributed by atoms with van der Waals surface area (Å²) in [5.74, 6) is 0.335. The average molecular weight is 284 g/mol. The van der Waals surface area contributed by atoms with Crippen LogP contribution in [0.15, 0.2) is 16.3 Å². The van der Waals surface area contributed by atoms with Crippen molar-refractivity contribution in [1.29, 1.82) is 0 Å². The van der Waals surface area contributed by atoms with Crippen molar-refractivity contribution in [3.63, 3.8) is 0 Å². The third-order valence-corrected chi connectivity index (χ3v) is 5.90. The highest BCUT2D eigenvalue weighted by atomic mass is 35.5. The van der Waals surface area contributed by atoms with Crippen LogP contribution in [-0.4, -0.2) is 40.0 Å². The van der Waals surface area contributed by atoms with Gasteiger partial charge in [-0.3, -0.25) is 0 Å². The molecule has 0 unspecified atom stereocenters. The molecule has 0 aliphatic heterocycles. The van der Waals surface area contributed by atoms with Gasteiger partial charge in [-0.2, -0.15) is 4.31 Å². The second-order valence-corrected chi connectivity index (χ2v) is 6.88. The highest BCUT2D eigenvalue weighted by Gasteiger charge is 2.22. The molecular formula is C9H14ClNO3S2. The standard InChI is InChI=1S/C9H14ClNO3S2/c1-11(5-6-14-2)16(12,13)9-4-3-8(7-10)15-9/h3-4H,5-7H2,1-2H3. The summed E-state index contributed by atoms with van der Waals surface area (Å²) in [6, 6.07) is 3.32. The van der Waals surface area contributed by atoms with Crippen molar-refractivity contribution >= 4 is 33.0 Å². The Morgan fingerprint density at radius 2 is 2.19 bits per heavy atom. The molecule has 1 rings (SSSR count). The molecule has 4 nitrogen and oxygen atoms in total. The number of sulfonamides is 1. The maximum absolute atomic E-state index is 12.0. The molecule has 7 heteroatoms. The minimum Gasteiger partial charge on any atom is -0.383 e. The molecule has 0 radical (unpaired) electrons. The number of alkyl halides is 1. The topological polar surface area (TPSA) is 46.6 Å². The lowest BCUT2D eigenvalue weighted by Gasteiger charge is -2.14. The summed E-state index contributed by atoms with van der Waals surface area (Å²) in [7, 11) is -0.312. The molecule has 0 fully saturated rings. The van der Waals surface area contributed by atoms with Gasteiger partial charge in [0.05, 0.1) is 12.5 Å². The highest BCUT2D eigenvalue weighted by molar-refractivity contribution is 7.91. The fraction of sp³-hybridized carbons (Fsp3) is 0.556. The van der Waals surface area contributed by atoms with Crippen LogP contribution in [-0.2, 0) is 20.6 Å². The molecule has 16 heavy (non-hydrogen) atoms. The number of methoxy groups -OCH3 is 1. The van der Waals surface area contributed by atoms with E-state index in [-0.39, 0.29) is 0 Å². The van der Waals surface area contributed by atoms with Crippen LogP contribution in [0.2, 0.25) is 0 Å². The van der Waals surface area contributed by atoms with Gasteiger partial charge in [-0.05, 0) is 12.1 Å². The summed E-state index contributed by atoms with van der Waals surface area (Å²) in [6.45, 7) is 0.719. The quantitative estimate of drug-likeness (QED) is 0.748. The molecule has 92 valence electrons. The van der Waals surface area contributed by atoms with E-state index in [1.54, 1.807) is 12.1 Å². The Morgan fingerprint density at radius 3 is 2.69 bits per heavy atom. The summed E-state index contributed by atoms with van der Waals surface area (Å²) in [5.41, 5.74) is 0. The van der Waals surface area contributed by atoms with E-state index in [9.17, 15) is 8.42 Å². The second kappa shape index (κ2) is 5.97. The van der Waals surface area contributed by atoms with Gasteiger partial charge in [0.1, 0.15) is 4.21 Å². The van der Waals surface area contributed by atoms with Gasteiger partial charge in [-0.25, -0.2) is 8.42 Å². The van der Waals surface area contributed by atoms with Crippen LogP contribution in [0, 0.1) is 0 Å². The SMILES string of the molecule is COCCN(C)S(=O)(=O)c1ccc(CCl)s1. The van der Waals surface area contributed by atoms with Crippen LogP contribution in [0.3, 0.4) is 0 Å². The third kappa shape index (κ3) is 3.18. The van der Waals surface area contributed by atoms with Gasteiger partial charge >= 0.3 is 0 Å². The third-order valence-electron chi connectivity index (χ3n) is 2.04. The van der Waals surface area contributed by atoms with Crippen molar-refractivity contribution in [2.24, 2.45) is 0 Å². The van der Waals surface area contributed by atoms with E-state index in [2.05, 4.69) is 0 Å². The molecule has 0 aromatic carbocycles. The maximum Gasteiger partial charge on any atom is 0.252 e. The molecule has 0 amide bonds. The predicted octanol–water partition coefficient (Wildman–Crippen LogP) is 1.75. The van der Waals surface area contributed by atoms with Crippen LogP contribution in [0.5, 0.6) is 0 Å². The summed E-state index contributed by atoms with van der Waals surface area (Å²) in [6.07, 6.45) is 0. The van der Waals surface area contributed by atoms with Gasteiger partial charge in [-0.1, -0.05) is 0 Å². The van der Waals surface area contributed by atoms with Crippen LogP contribution in [0.4, 0.5) is 0 Å². The van der Waals surface area contributed by atoms with Gasteiger partial charge in [0, 0.05) is 25.6 Å². The monoisotopic (exact) mass is 283 g/mol. The van der Waals surface area contributed by atoms with Gasteiger partial charge in [0.25, 0.3) is 10.0 Å². The Morgan fingerprint density at radius 1 is 1.50 bits per heavy atom. The van der Waals surface area contributed by atoms with Crippen molar-refractivity contribution in [3.8, 4) is 0 Å². The van der Waals surface area contributed by atoms with E-state index in [0.717, 1.165) is 4.88 Å². The van der Waals surface area contributed by atoms with E-state index in [4.69, 9.17) is 16.3 Å². The van der Waals surface area contributed by atoms with Crippen molar-refractivity contribution < 1.29 is 13.2 Å². The zero-order valence-electron chi connectivity index (χ0n) is 9.14. The zero-order chi connectivity index (χ0) is 12.2. The van der Waals surface area contributed by atoms with Gasteiger partial charge < -0.3 is 4.74 Å². The minimum absolute atomic E-state index is 0.321. The second-order valence-electron chi connectivity index (χ2n) is 3.17. The molecular weight excluding hydrogens is 270 g/mol. The normalized spacial score (nSPS) is 12.2. The summed E-state index contributed by atoms with van der Waals surface area (Å²) < 4.78 is 30.5. The Hall–Kier alpha value is -0.140. The van der Waals surface area contributed by atoms with Gasteiger partial charge in [0.15, 0.2) is 0 Å². The average Bonchev–Trinajstić information content (AvgIpc) is 2.74. The number of rotatable bonds is 6. The van der Waals surface area contributed by atoms with Crippen molar-refractivity contribution in [2.45, 2.75) is 10.1 Å². The van der Waals surface area contributed by atoms with Gasteiger partial charge in [-0.15, -0.1) is 22.9 Å². The summed E-state index contributed by atoms with van der Waals surface area (Å²) >= 11 is 6.83. The summed E-state index contributed by atoms with van der Waals surface area (Å²) in [5, 5.41) is 0. The van der Waals surface area contributed by atoms with Crippen LogP contribution in [0.25, 0.3) is 0 Å². The first-order valence-corrected chi connectivity index (χ1v) is 7.41. The molecule has 0 atom stereocenters. The maximum atomic E-state index is 12.0. The largest absolute Gasteiger partial charge is 0.383 e. The molecule has 0 bridgehead atoms. The molecule has 0 saturated carbocycles. The van der Waals surface area contributed by atoms with E-state index in [1.807, 2.05) is 0 Å². The first-order valence-electron chi connectivity index (χ1n) is 4.62.